The standard InChI is InChI=1S/C33H34N2O6/c1-32(2)29-27(16-17-40-29)33(32,30(38)35(19-28(36)37)18-21-10-4-3-5-11-21)34-31(39)41-20-26-24-14-8-6-12-22(24)23-13-7-9-15-25(23)26/h3-15,26-27,29H,16-20H2,1-2H3,(H,34,39)(H,36,37). The Hall–Kier alpha value is -4.17. The number of carbonyl (C=O) groups excluding carboxylic acids is 2. The molecule has 3 aromatic rings. The van der Waals surface area contributed by atoms with Crippen molar-refractivity contribution in [1.82, 2.24) is 10.2 Å². The lowest BCUT2D eigenvalue weighted by Crippen LogP contribution is -2.82. The third kappa shape index (κ3) is 4.37. The molecule has 3 aromatic carbocycles. The highest BCUT2D eigenvalue weighted by Gasteiger charge is 2.74. The number of nitrogens with one attached hydrogen (secondary N) is 1. The molecule has 3 unspecified atom stereocenters. The Morgan fingerprint density at radius 3 is 2.20 bits per heavy atom. The number of ether oxygens (including phenoxy) is 2. The van der Waals surface area contributed by atoms with Gasteiger partial charge in [-0.1, -0.05) is 92.7 Å². The molecule has 2 N–H and O–H groups in total. The molecule has 8 nitrogen and oxygen atoms in total. The van der Waals surface area contributed by atoms with Crippen LogP contribution in [0.15, 0.2) is 78.9 Å². The fraction of sp³-hybridized carbons (Fsp3) is 0.364. The molecule has 1 saturated heterocycles. The predicted octanol–water partition coefficient (Wildman–Crippen LogP) is 4.82. The third-order valence-corrected chi connectivity index (χ3v) is 9.19. The van der Waals surface area contributed by atoms with E-state index < -0.39 is 35.5 Å². The summed E-state index contributed by atoms with van der Waals surface area (Å²) in [4.78, 5) is 41.1. The molecule has 0 aromatic heterocycles. The molecule has 0 bridgehead atoms. The molecule has 2 aliphatic carbocycles. The molecule has 2 fully saturated rings. The number of aliphatic carboxylic acids is 1. The monoisotopic (exact) mass is 554 g/mol. The SMILES string of the molecule is CC1(C)C2OCCC2C1(NC(=O)OCC1c2ccccc2-c2ccccc21)C(=O)N(CC(=O)O)Cc1ccccc1. The van der Waals surface area contributed by atoms with E-state index in [2.05, 4.69) is 29.6 Å². The van der Waals surface area contributed by atoms with Gasteiger partial charge >= 0.3 is 12.1 Å². The zero-order chi connectivity index (χ0) is 28.8. The van der Waals surface area contributed by atoms with Crippen LogP contribution in [0.3, 0.4) is 0 Å². The minimum absolute atomic E-state index is 0.106. The second-order valence-corrected chi connectivity index (χ2v) is 11.7. The molecule has 1 aliphatic heterocycles. The van der Waals surface area contributed by atoms with Gasteiger partial charge < -0.3 is 24.8 Å². The fourth-order valence-corrected chi connectivity index (χ4v) is 7.30. The van der Waals surface area contributed by atoms with Gasteiger partial charge in [0.2, 0.25) is 5.91 Å². The molecule has 212 valence electrons. The fourth-order valence-electron chi connectivity index (χ4n) is 7.30. The number of carbonyl (C=O) groups is 3. The summed E-state index contributed by atoms with van der Waals surface area (Å²) in [5.41, 5.74) is 3.08. The van der Waals surface area contributed by atoms with Crippen LogP contribution in [0.4, 0.5) is 4.79 Å². The van der Waals surface area contributed by atoms with E-state index >= 15 is 0 Å². The first-order valence-electron chi connectivity index (χ1n) is 14.0. The normalized spacial score (nSPS) is 23.5. The van der Waals surface area contributed by atoms with Crippen molar-refractivity contribution >= 4 is 18.0 Å². The number of alkyl carbamates (subject to hydrolysis) is 1. The molecular formula is C33H34N2O6. The van der Waals surface area contributed by atoms with E-state index in [1.54, 1.807) is 0 Å². The summed E-state index contributed by atoms with van der Waals surface area (Å²) >= 11 is 0. The van der Waals surface area contributed by atoms with Crippen molar-refractivity contribution in [2.45, 2.75) is 44.4 Å². The summed E-state index contributed by atoms with van der Waals surface area (Å²) in [6, 6.07) is 25.4. The summed E-state index contributed by atoms with van der Waals surface area (Å²) in [6.07, 6.45) is -0.354. The van der Waals surface area contributed by atoms with Gasteiger partial charge in [0, 0.05) is 30.4 Å². The molecule has 2 amide bonds. The Bertz CT molecular complexity index is 1440. The van der Waals surface area contributed by atoms with Gasteiger partial charge in [0.15, 0.2) is 0 Å². The maximum Gasteiger partial charge on any atom is 0.408 e. The highest BCUT2D eigenvalue weighted by molar-refractivity contribution is 5.95. The molecule has 0 spiro atoms. The average Bonchev–Trinajstić information content (AvgIpc) is 3.57. The van der Waals surface area contributed by atoms with Gasteiger partial charge in [0.05, 0.1) is 6.10 Å². The van der Waals surface area contributed by atoms with E-state index in [4.69, 9.17) is 9.47 Å². The lowest BCUT2D eigenvalue weighted by atomic mass is 9.47. The van der Waals surface area contributed by atoms with Gasteiger partial charge in [-0.05, 0) is 34.2 Å². The second kappa shape index (κ2) is 10.3. The smallest absolute Gasteiger partial charge is 0.408 e. The number of amides is 2. The Morgan fingerprint density at radius 1 is 0.951 bits per heavy atom. The molecule has 3 atom stereocenters. The lowest BCUT2D eigenvalue weighted by Gasteiger charge is -2.63. The third-order valence-electron chi connectivity index (χ3n) is 9.19. The van der Waals surface area contributed by atoms with Gasteiger partial charge in [-0.25, -0.2) is 4.79 Å². The Labute approximate surface area is 239 Å². The lowest BCUT2D eigenvalue weighted by molar-refractivity contribution is -0.193. The van der Waals surface area contributed by atoms with Gasteiger partial charge in [-0.2, -0.15) is 0 Å². The van der Waals surface area contributed by atoms with Crippen LogP contribution in [0.5, 0.6) is 0 Å². The summed E-state index contributed by atoms with van der Waals surface area (Å²) in [6.45, 7) is 3.98. The predicted molar refractivity (Wildman–Crippen MR) is 152 cm³/mol. The topological polar surface area (TPSA) is 105 Å². The van der Waals surface area contributed by atoms with Crippen LogP contribution in [-0.2, 0) is 25.6 Å². The first-order chi connectivity index (χ1) is 19.7. The maximum absolute atomic E-state index is 14.4. The number of hydrogen-bond donors (Lipinski definition) is 2. The first kappa shape index (κ1) is 27.0. The minimum atomic E-state index is -1.37. The molecular weight excluding hydrogens is 520 g/mol. The van der Waals surface area contributed by atoms with Gasteiger partial charge in [-0.3, -0.25) is 9.59 Å². The second-order valence-electron chi connectivity index (χ2n) is 11.7. The average molecular weight is 555 g/mol. The molecule has 41 heavy (non-hydrogen) atoms. The van der Waals surface area contributed by atoms with Gasteiger partial charge in [-0.15, -0.1) is 0 Å². The van der Waals surface area contributed by atoms with Gasteiger partial charge in [0.1, 0.15) is 18.7 Å². The summed E-state index contributed by atoms with van der Waals surface area (Å²) < 4.78 is 11.8. The number of carboxylic acid groups (broad SMARTS) is 1. The molecule has 8 heteroatoms. The highest BCUT2D eigenvalue weighted by atomic mass is 16.5. The van der Waals surface area contributed by atoms with Crippen LogP contribution in [0.2, 0.25) is 0 Å². The number of fused-ring (bicyclic) bond motifs is 4. The summed E-state index contributed by atoms with van der Waals surface area (Å²) in [5, 5.41) is 12.7. The Morgan fingerprint density at radius 2 is 1.56 bits per heavy atom. The molecule has 3 aliphatic rings. The number of hydrogen-bond acceptors (Lipinski definition) is 5. The van der Waals surface area contributed by atoms with Gasteiger partial charge in [0.25, 0.3) is 0 Å². The van der Waals surface area contributed by atoms with Crippen molar-refractivity contribution in [3.63, 3.8) is 0 Å². The van der Waals surface area contributed by atoms with E-state index in [9.17, 15) is 19.5 Å². The van der Waals surface area contributed by atoms with Crippen molar-refractivity contribution in [2.75, 3.05) is 19.8 Å². The zero-order valence-corrected chi connectivity index (χ0v) is 23.2. The van der Waals surface area contributed by atoms with Crippen molar-refractivity contribution < 1.29 is 29.0 Å². The van der Waals surface area contributed by atoms with Crippen LogP contribution >= 0.6 is 0 Å². The van der Waals surface area contributed by atoms with Crippen molar-refractivity contribution in [2.24, 2.45) is 11.3 Å². The van der Waals surface area contributed by atoms with Crippen LogP contribution in [0, 0.1) is 11.3 Å². The summed E-state index contributed by atoms with van der Waals surface area (Å²) in [5.74, 6) is -1.98. The molecule has 0 radical (unpaired) electrons. The molecule has 6 rings (SSSR count). The van der Waals surface area contributed by atoms with Crippen molar-refractivity contribution in [3.8, 4) is 11.1 Å². The first-order valence-corrected chi connectivity index (χ1v) is 14.0. The van der Waals surface area contributed by atoms with E-state index in [0.717, 1.165) is 27.8 Å². The number of benzene rings is 3. The number of rotatable bonds is 8. The van der Waals surface area contributed by atoms with Crippen molar-refractivity contribution in [3.05, 3.63) is 95.6 Å². The Balaban J connectivity index is 1.27. The zero-order valence-electron chi connectivity index (χ0n) is 23.2. The van der Waals surface area contributed by atoms with Crippen LogP contribution in [0.25, 0.3) is 11.1 Å². The summed E-state index contributed by atoms with van der Waals surface area (Å²) in [7, 11) is 0. The van der Waals surface area contributed by atoms with E-state index in [-0.39, 0.29) is 31.1 Å². The van der Waals surface area contributed by atoms with Crippen LogP contribution in [-0.4, -0.2) is 59.4 Å². The van der Waals surface area contributed by atoms with E-state index in [0.29, 0.717) is 13.0 Å². The number of nitrogens with zero attached hydrogens (tertiary/aromatic N) is 1. The van der Waals surface area contributed by atoms with E-state index in [1.807, 2.05) is 68.4 Å². The van der Waals surface area contributed by atoms with Crippen molar-refractivity contribution in [1.29, 1.82) is 0 Å². The van der Waals surface area contributed by atoms with Crippen LogP contribution in [0.1, 0.15) is 42.9 Å². The number of carboxylic acids is 1. The quantitative estimate of drug-likeness (QED) is 0.414. The van der Waals surface area contributed by atoms with Crippen LogP contribution < -0.4 is 5.32 Å². The molecule has 1 saturated carbocycles. The minimum Gasteiger partial charge on any atom is -0.480 e. The Kier molecular flexibility index (Phi) is 6.82. The molecule has 1 heterocycles. The highest BCUT2D eigenvalue weighted by Crippen LogP contribution is 2.60. The maximum atomic E-state index is 14.4. The largest absolute Gasteiger partial charge is 0.480 e. The van der Waals surface area contributed by atoms with E-state index in [1.165, 1.54) is 4.90 Å².